The van der Waals surface area contributed by atoms with Crippen LogP contribution in [0.1, 0.15) is 23.5 Å². The SMILES string of the molecule is Cc1cccc(N2CC(N)CC(c3cccc(F)c3)C2)c1. The summed E-state index contributed by atoms with van der Waals surface area (Å²) < 4.78 is 13.4. The van der Waals surface area contributed by atoms with Gasteiger partial charge in [0.05, 0.1) is 0 Å². The molecule has 0 radical (unpaired) electrons. The van der Waals surface area contributed by atoms with Crippen molar-refractivity contribution in [1.29, 1.82) is 0 Å². The van der Waals surface area contributed by atoms with Crippen molar-refractivity contribution in [3.8, 4) is 0 Å². The number of hydrogen-bond acceptors (Lipinski definition) is 2. The van der Waals surface area contributed by atoms with E-state index >= 15 is 0 Å². The Kier molecular flexibility index (Phi) is 3.93. The molecule has 0 saturated carbocycles. The number of anilines is 1. The van der Waals surface area contributed by atoms with E-state index in [1.807, 2.05) is 6.07 Å². The molecule has 0 spiro atoms. The molecule has 0 aliphatic carbocycles. The molecule has 0 bridgehead atoms. The zero-order chi connectivity index (χ0) is 14.8. The minimum atomic E-state index is -0.172. The van der Waals surface area contributed by atoms with Gasteiger partial charge in [0.2, 0.25) is 0 Å². The lowest BCUT2D eigenvalue weighted by atomic mass is 9.88. The van der Waals surface area contributed by atoms with Crippen molar-refractivity contribution in [3.05, 3.63) is 65.5 Å². The molecule has 3 rings (SSSR count). The molecule has 2 unspecified atom stereocenters. The van der Waals surface area contributed by atoms with Crippen LogP contribution >= 0.6 is 0 Å². The number of piperidine rings is 1. The third-order valence-electron chi connectivity index (χ3n) is 4.17. The lowest BCUT2D eigenvalue weighted by Gasteiger charge is -2.38. The standard InChI is InChI=1S/C18H21FN2/c1-13-4-2-7-18(8-13)21-11-15(10-17(20)12-21)14-5-3-6-16(19)9-14/h2-9,15,17H,10-12,20H2,1H3. The van der Waals surface area contributed by atoms with Gasteiger partial charge < -0.3 is 10.6 Å². The van der Waals surface area contributed by atoms with E-state index in [1.54, 1.807) is 12.1 Å². The Bertz CT molecular complexity index is 573. The van der Waals surface area contributed by atoms with Crippen LogP contribution in [0.25, 0.3) is 0 Å². The van der Waals surface area contributed by atoms with Gasteiger partial charge in [-0.1, -0.05) is 24.3 Å². The lowest BCUT2D eigenvalue weighted by Crippen LogP contribution is -2.46. The van der Waals surface area contributed by atoms with Crippen molar-refractivity contribution in [2.24, 2.45) is 5.73 Å². The average molecular weight is 284 g/mol. The number of halogens is 1. The topological polar surface area (TPSA) is 29.3 Å². The highest BCUT2D eigenvalue weighted by molar-refractivity contribution is 5.49. The number of rotatable bonds is 2. The van der Waals surface area contributed by atoms with Crippen LogP contribution in [-0.2, 0) is 0 Å². The highest BCUT2D eigenvalue weighted by Gasteiger charge is 2.26. The Morgan fingerprint density at radius 3 is 2.67 bits per heavy atom. The van der Waals surface area contributed by atoms with E-state index in [-0.39, 0.29) is 17.8 Å². The molecule has 0 aromatic heterocycles. The van der Waals surface area contributed by atoms with E-state index < -0.39 is 0 Å². The van der Waals surface area contributed by atoms with Crippen molar-refractivity contribution < 1.29 is 4.39 Å². The van der Waals surface area contributed by atoms with Crippen LogP contribution in [0.5, 0.6) is 0 Å². The van der Waals surface area contributed by atoms with Gasteiger partial charge in [-0.15, -0.1) is 0 Å². The van der Waals surface area contributed by atoms with Gasteiger partial charge in [-0.3, -0.25) is 0 Å². The van der Waals surface area contributed by atoms with E-state index in [0.717, 1.165) is 25.1 Å². The molecule has 2 nitrogen and oxygen atoms in total. The minimum absolute atomic E-state index is 0.118. The van der Waals surface area contributed by atoms with Gasteiger partial charge >= 0.3 is 0 Å². The smallest absolute Gasteiger partial charge is 0.123 e. The normalized spacial score (nSPS) is 22.3. The van der Waals surface area contributed by atoms with Crippen LogP contribution in [0, 0.1) is 12.7 Å². The van der Waals surface area contributed by atoms with E-state index in [4.69, 9.17) is 5.73 Å². The zero-order valence-corrected chi connectivity index (χ0v) is 12.3. The van der Waals surface area contributed by atoms with Crippen molar-refractivity contribution in [1.82, 2.24) is 0 Å². The molecule has 1 fully saturated rings. The van der Waals surface area contributed by atoms with Crippen molar-refractivity contribution in [3.63, 3.8) is 0 Å². The Morgan fingerprint density at radius 1 is 1.10 bits per heavy atom. The van der Waals surface area contributed by atoms with Gasteiger partial charge in [0.1, 0.15) is 5.82 Å². The fourth-order valence-electron chi connectivity index (χ4n) is 3.18. The largest absolute Gasteiger partial charge is 0.369 e. The molecular weight excluding hydrogens is 263 g/mol. The Balaban J connectivity index is 1.85. The van der Waals surface area contributed by atoms with Gasteiger partial charge in [0.15, 0.2) is 0 Å². The number of hydrogen-bond donors (Lipinski definition) is 1. The summed E-state index contributed by atoms with van der Waals surface area (Å²) >= 11 is 0. The third-order valence-corrected chi connectivity index (χ3v) is 4.17. The van der Waals surface area contributed by atoms with Crippen molar-refractivity contribution >= 4 is 5.69 Å². The maximum atomic E-state index is 13.4. The van der Waals surface area contributed by atoms with Crippen molar-refractivity contribution in [2.75, 3.05) is 18.0 Å². The summed E-state index contributed by atoms with van der Waals surface area (Å²) in [5.41, 5.74) is 9.72. The molecule has 2 aromatic carbocycles. The van der Waals surface area contributed by atoms with Gasteiger partial charge in [-0.05, 0) is 48.7 Å². The van der Waals surface area contributed by atoms with Gasteiger partial charge in [0.25, 0.3) is 0 Å². The fourth-order valence-corrected chi connectivity index (χ4v) is 3.18. The maximum Gasteiger partial charge on any atom is 0.123 e. The van der Waals surface area contributed by atoms with E-state index in [0.29, 0.717) is 0 Å². The van der Waals surface area contributed by atoms with Gasteiger partial charge in [0, 0.05) is 30.7 Å². The first-order valence-electron chi connectivity index (χ1n) is 7.44. The van der Waals surface area contributed by atoms with E-state index in [1.165, 1.54) is 17.3 Å². The molecule has 110 valence electrons. The fraction of sp³-hybridized carbons (Fsp3) is 0.333. The zero-order valence-electron chi connectivity index (χ0n) is 12.3. The van der Waals surface area contributed by atoms with Crippen LogP contribution in [-0.4, -0.2) is 19.1 Å². The number of aryl methyl sites for hydroxylation is 1. The van der Waals surface area contributed by atoms with Crippen LogP contribution in [0.4, 0.5) is 10.1 Å². The Morgan fingerprint density at radius 2 is 1.90 bits per heavy atom. The van der Waals surface area contributed by atoms with Crippen LogP contribution in [0.3, 0.4) is 0 Å². The highest BCUT2D eigenvalue weighted by Crippen LogP contribution is 2.30. The second-order valence-corrected chi connectivity index (χ2v) is 5.99. The summed E-state index contributed by atoms with van der Waals surface area (Å²) in [6, 6.07) is 15.5. The first kappa shape index (κ1) is 14.1. The van der Waals surface area contributed by atoms with Gasteiger partial charge in [-0.25, -0.2) is 4.39 Å². The molecule has 2 aromatic rings. The molecule has 1 heterocycles. The van der Waals surface area contributed by atoms with Gasteiger partial charge in [-0.2, -0.15) is 0 Å². The molecule has 0 amide bonds. The molecule has 3 heteroatoms. The maximum absolute atomic E-state index is 13.4. The monoisotopic (exact) mass is 284 g/mol. The summed E-state index contributed by atoms with van der Waals surface area (Å²) in [6.45, 7) is 3.84. The van der Waals surface area contributed by atoms with Crippen molar-refractivity contribution in [2.45, 2.75) is 25.3 Å². The number of nitrogens with zero attached hydrogens (tertiary/aromatic N) is 1. The summed E-state index contributed by atoms with van der Waals surface area (Å²) in [4.78, 5) is 2.32. The first-order chi connectivity index (χ1) is 10.1. The lowest BCUT2D eigenvalue weighted by molar-refractivity contribution is 0.452. The molecule has 2 N–H and O–H groups in total. The predicted octanol–water partition coefficient (Wildman–Crippen LogP) is 3.46. The molecule has 2 atom stereocenters. The van der Waals surface area contributed by atoms with Crippen LogP contribution in [0.2, 0.25) is 0 Å². The number of benzene rings is 2. The molecular formula is C18H21FN2. The molecule has 1 aliphatic rings. The summed E-state index contributed by atoms with van der Waals surface area (Å²) in [5, 5.41) is 0. The second kappa shape index (κ2) is 5.86. The van der Waals surface area contributed by atoms with Crippen LogP contribution < -0.4 is 10.6 Å². The predicted molar refractivity (Wildman–Crippen MR) is 85.1 cm³/mol. The summed E-state index contributed by atoms with van der Waals surface area (Å²) in [6.07, 6.45) is 0.909. The molecule has 21 heavy (non-hydrogen) atoms. The quantitative estimate of drug-likeness (QED) is 0.915. The average Bonchev–Trinajstić information content (AvgIpc) is 2.46. The minimum Gasteiger partial charge on any atom is -0.369 e. The van der Waals surface area contributed by atoms with E-state index in [2.05, 4.69) is 36.1 Å². The summed E-state index contributed by atoms with van der Waals surface area (Å²) in [5.74, 6) is 0.110. The second-order valence-electron chi connectivity index (χ2n) is 5.99. The number of nitrogens with two attached hydrogens (primary N) is 1. The Labute approximate surface area is 125 Å². The van der Waals surface area contributed by atoms with Crippen LogP contribution in [0.15, 0.2) is 48.5 Å². The first-order valence-corrected chi connectivity index (χ1v) is 7.44. The third kappa shape index (κ3) is 3.24. The summed E-state index contributed by atoms with van der Waals surface area (Å²) in [7, 11) is 0. The molecule has 1 saturated heterocycles. The molecule has 1 aliphatic heterocycles. The Hall–Kier alpha value is -1.87. The highest BCUT2D eigenvalue weighted by atomic mass is 19.1. The van der Waals surface area contributed by atoms with E-state index in [9.17, 15) is 4.39 Å².